The molecule has 2 aromatic rings. The molecule has 2 rings (SSSR count). The molecule has 0 bridgehead atoms. The van der Waals surface area contributed by atoms with Crippen LogP contribution in [0.3, 0.4) is 0 Å². The van der Waals surface area contributed by atoms with Gasteiger partial charge in [0.05, 0.1) is 7.11 Å². The number of ether oxygens (including phenoxy) is 1. The molecule has 0 aliphatic rings. The Morgan fingerprint density at radius 1 is 1.05 bits per heavy atom. The van der Waals surface area contributed by atoms with Gasteiger partial charge in [-0.1, -0.05) is 32.0 Å². The van der Waals surface area contributed by atoms with Crippen molar-refractivity contribution in [2.75, 3.05) is 7.11 Å². The fraction of sp³-hybridized carbons (Fsp3) is 0.294. The average Bonchev–Trinajstić information content (AvgIpc) is 2.39. The Kier molecular flexibility index (Phi) is 4.20. The zero-order valence-corrected chi connectivity index (χ0v) is 11.6. The molecule has 0 aliphatic carbocycles. The Morgan fingerprint density at radius 2 is 1.74 bits per heavy atom. The largest absolute Gasteiger partial charge is 0.496 e. The summed E-state index contributed by atoms with van der Waals surface area (Å²) in [6.07, 6.45) is 1.03. The van der Waals surface area contributed by atoms with Crippen LogP contribution in [0.5, 0.6) is 5.75 Å². The molecule has 19 heavy (non-hydrogen) atoms. The van der Waals surface area contributed by atoms with Crippen molar-refractivity contribution in [1.82, 2.24) is 0 Å². The Morgan fingerprint density at radius 3 is 2.32 bits per heavy atom. The van der Waals surface area contributed by atoms with Crippen LogP contribution in [0, 0.1) is 11.7 Å². The van der Waals surface area contributed by atoms with Gasteiger partial charge in [0, 0.05) is 5.56 Å². The van der Waals surface area contributed by atoms with Crippen LogP contribution in [0.2, 0.25) is 0 Å². The molecular formula is C17H19FO. The predicted molar refractivity (Wildman–Crippen MR) is 76.9 cm³/mol. The first-order valence-electron chi connectivity index (χ1n) is 6.53. The Bertz CT molecular complexity index is 544. The van der Waals surface area contributed by atoms with Crippen LogP contribution in [-0.2, 0) is 6.42 Å². The highest BCUT2D eigenvalue weighted by molar-refractivity contribution is 5.71. The monoisotopic (exact) mass is 258 g/mol. The van der Waals surface area contributed by atoms with Crippen LogP contribution in [0.1, 0.15) is 19.4 Å². The zero-order chi connectivity index (χ0) is 13.8. The molecule has 2 aromatic carbocycles. The number of hydrogen-bond donors (Lipinski definition) is 0. The van der Waals surface area contributed by atoms with Crippen molar-refractivity contribution in [3.05, 3.63) is 53.8 Å². The van der Waals surface area contributed by atoms with Gasteiger partial charge in [0.2, 0.25) is 0 Å². The molecule has 0 fully saturated rings. The number of rotatable bonds is 4. The molecule has 0 aromatic heterocycles. The SMILES string of the molecule is COc1ccc(CC(C)C)cc1-c1ccc(F)cc1. The molecule has 0 N–H and O–H groups in total. The van der Waals surface area contributed by atoms with E-state index in [4.69, 9.17) is 4.74 Å². The summed E-state index contributed by atoms with van der Waals surface area (Å²) in [4.78, 5) is 0. The van der Waals surface area contributed by atoms with Crippen molar-refractivity contribution in [3.8, 4) is 16.9 Å². The highest BCUT2D eigenvalue weighted by atomic mass is 19.1. The lowest BCUT2D eigenvalue weighted by atomic mass is 9.97. The van der Waals surface area contributed by atoms with Gasteiger partial charge < -0.3 is 4.74 Å². The van der Waals surface area contributed by atoms with Crippen LogP contribution < -0.4 is 4.74 Å². The van der Waals surface area contributed by atoms with E-state index < -0.39 is 0 Å². The van der Waals surface area contributed by atoms with E-state index in [2.05, 4.69) is 26.0 Å². The van der Waals surface area contributed by atoms with E-state index in [0.717, 1.165) is 23.3 Å². The van der Waals surface area contributed by atoms with Crippen molar-refractivity contribution >= 4 is 0 Å². The van der Waals surface area contributed by atoms with Gasteiger partial charge in [0.1, 0.15) is 11.6 Å². The molecule has 2 heteroatoms. The van der Waals surface area contributed by atoms with Gasteiger partial charge in [-0.2, -0.15) is 0 Å². The summed E-state index contributed by atoms with van der Waals surface area (Å²) in [5.74, 6) is 1.20. The first-order valence-corrected chi connectivity index (χ1v) is 6.53. The third-order valence-corrected chi connectivity index (χ3v) is 3.06. The van der Waals surface area contributed by atoms with Gasteiger partial charge >= 0.3 is 0 Å². The van der Waals surface area contributed by atoms with Crippen LogP contribution in [0.15, 0.2) is 42.5 Å². The minimum absolute atomic E-state index is 0.221. The normalized spacial score (nSPS) is 10.8. The first kappa shape index (κ1) is 13.6. The van der Waals surface area contributed by atoms with Crippen molar-refractivity contribution in [1.29, 1.82) is 0 Å². The summed E-state index contributed by atoms with van der Waals surface area (Å²) in [7, 11) is 1.66. The number of hydrogen-bond acceptors (Lipinski definition) is 1. The molecule has 1 nitrogen and oxygen atoms in total. The molecule has 0 saturated carbocycles. The second kappa shape index (κ2) is 5.87. The van der Waals surface area contributed by atoms with Gasteiger partial charge in [0.15, 0.2) is 0 Å². The molecule has 0 spiro atoms. The van der Waals surface area contributed by atoms with E-state index in [0.29, 0.717) is 5.92 Å². The first-order chi connectivity index (χ1) is 9.10. The number of methoxy groups -OCH3 is 1. The maximum atomic E-state index is 13.0. The molecule has 0 unspecified atom stereocenters. The van der Waals surface area contributed by atoms with E-state index in [1.165, 1.54) is 17.7 Å². The maximum Gasteiger partial charge on any atom is 0.126 e. The quantitative estimate of drug-likeness (QED) is 0.772. The van der Waals surface area contributed by atoms with E-state index >= 15 is 0 Å². The third-order valence-electron chi connectivity index (χ3n) is 3.06. The van der Waals surface area contributed by atoms with Gasteiger partial charge in [0.25, 0.3) is 0 Å². The highest BCUT2D eigenvalue weighted by Crippen LogP contribution is 2.31. The average molecular weight is 258 g/mol. The summed E-state index contributed by atoms with van der Waals surface area (Å²) in [6, 6.07) is 12.7. The summed E-state index contributed by atoms with van der Waals surface area (Å²) in [5, 5.41) is 0. The summed E-state index contributed by atoms with van der Waals surface area (Å²) < 4.78 is 18.4. The van der Waals surface area contributed by atoms with Crippen LogP contribution in [0.25, 0.3) is 11.1 Å². The fourth-order valence-corrected chi connectivity index (χ4v) is 2.21. The Hall–Kier alpha value is -1.83. The Labute approximate surface area is 114 Å². The van der Waals surface area contributed by atoms with Crippen molar-refractivity contribution in [2.24, 2.45) is 5.92 Å². The van der Waals surface area contributed by atoms with Crippen molar-refractivity contribution in [3.63, 3.8) is 0 Å². The molecule has 0 aliphatic heterocycles. The summed E-state index contributed by atoms with van der Waals surface area (Å²) in [6.45, 7) is 4.39. The minimum atomic E-state index is -0.221. The summed E-state index contributed by atoms with van der Waals surface area (Å²) >= 11 is 0. The molecular weight excluding hydrogens is 239 g/mol. The second-order valence-electron chi connectivity index (χ2n) is 5.14. The highest BCUT2D eigenvalue weighted by Gasteiger charge is 2.08. The van der Waals surface area contributed by atoms with Gasteiger partial charge in [-0.3, -0.25) is 0 Å². The molecule has 0 atom stereocenters. The van der Waals surface area contributed by atoms with Crippen molar-refractivity contribution in [2.45, 2.75) is 20.3 Å². The Balaban J connectivity index is 2.43. The lowest BCUT2D eigenvalue weighted by Gasteiger charge is -2.12. The number of benzene rings is 2. The third kappa shape index (κ3) is 3.34. The molecule has 0 heterocycles. The van der Waals surface area contributed by atoms with Crippen LogP contribution in [0.4, 0.5) is 4.39 Å². The maximum absolute atomic E-state index is 13.0. The predicted octanol–water partition coefficient (Wildman–Crippen LogP) is 4.70. The van der Waals surface area contributed by atoms with Crippen LogP contribution in [-0.4, -0.2) is 7.11 Å². The van der Waals surface area contributed by atoms with E-state index in [1.54, 1.807) is 19.2 Å². The van der Waals surface area contributed by atoms with Crippen LogP contribution >= 0.6 is 0 Å². The fourth-order valence-electron chi connectivity index (χ4n) is 2.21. The summed E-state index contributed by atoms with van der Waals surface area (Å²) in [5.41, 5.74) is 3.26. The lowest BCUT2D eigenvalue weighted by molar-refractivity contribution is 0.416. The molecule has 0 radical (unpaired) electrons. The molecule has 100 valence electrons. The van der Waals surface area contributed by atoms with Gasteiger partial charge in [-0.15, -0.1) is 0 Å². The van der Waals surface area contributed by atoms with E-state index in [1.807, 2.05) is 6.07 Å². The van der Waals surface area contributed by atoms with E-state index in [-0.39, 0.29) is 5.82 Å². The number of halogens is 1. The van der Waals surface area contributed by atoms with Gasteiger partial charge in [-0.05, 0) is 47.7 Å². The topological polar surface area (TPSA) is 9.23 Å². The molecule has 0 saturated heterocycles. The minimum Gasteiger partial charge on any atom is -0.496 e. The zero-order valence-electron chi connectivity index (χ0n) is 11.6. The smallest absolute Gasteiger partial charge is 0.126 e. The van der Waals surface area contributed by atoms with Gasteiger partial charge in [-0.25, -0.2) is 4.39 Å². The standard InChI is InChI=1S/C17H19FO/c1-12(2)10-13-4-9-17(19-3)16(11-13)14-5-7-15(18)8-6-14/h4-9,11-12H,10H2,1-3H3. The second-order valence-corrected chi connectivity index (χ2v) is 5.14. The molecule has 0 amide bonds. The van der Waals surface area contributed by atoms with E-state index in [9.17, 15) is 4.39 Å². The van der Waals surface area contributed by atoms with Crippen molar-refractivity contribution < 1.29 is 9.13 Å². The lowest BCUT2D eigenvalue weighted by Crippen LogP contribution is -1.96.